The second kappa shape index (κ2) is 50.4. The maximum atomic E-state index is 13.9. The second-order valence-electron chi connectivity index (χ2n) is 30.6. The zero-order valence-electron chi connectivity index (χ0n) is 71.0. The SMILES string of the molecule is CCCCCCCCCCCCOc1ccc(S(=O)(=O)Nc2cc(C)c(O)c(C(=O)N(CCC)CCC)c2)cc1.CCCCCCCCCCCCOc1ccc(S(=O)(=O)Nc2cc(CC)c(O)c(NC(=O)CC)c2)cc1.CCCN(CCC)C(=O)c1cc(NS(=O)(=O)c2c(C(C)C)cc(C(C)C)cc2C(C)C)cc(C)c1O. The largest absolute Gasteiger partial charge is 0.507 e. The summed E-state index contributed by atoms with van der Waals surface area (Å²) in [5.41, 5.74) is 5.20. The van der Waals surface area contributed by atoms with Gasteiger partial charge in [-0.1, -0.05) is 225 Å². The lowest BCUT2D eigenvalue weighted by molar-refractivity contribution is -0.115. The Labute approximate surface area is 680 Å². The van der Waals surface area contributed by atoms with Crippen molar-refractivity contribution in [1.82, 2.24) is 9.80 Å². The van der Waals surface area contributed by atoms with Crippen LogP contribution in [0.5, 0.6) is 28.7 Å². The van der Waals surface area contributed by atoms with Gasteiger partial charge >= 0.3 is 0 Å². The number of anilines is 4. The summed E-state index contributed by atoms with van der Waals surface area (Å²) in [6.07, 6.45) is 29.1. The fraction of sp³-hybridized carbons (Fsp3) is 0.567. The van der Waals surface area contributed by atoms with Gasteiger partial charge in [0.05, 0.1) is 61.8 Å². The number of phenols is 3. The highest BCUT2D eigenvalue weighted by atomic mass is 32.2. The summed E-state index contributed by atoms with van der Waals surface area (Å²) in [5, 5.41) is 34.2. The number of hydrogen-bond acceptors (Lipinski definition) is 14. The van der Waals surface area contributed by atoms with Gasteiger partial charge in [-0.25, -0.2) is 25.3 Å². The number of unbranched alkanes of at least 4 members (excludes halogenated alkanes) is 18. The number of aryl methyl sites for hydroxylation is 3. The van der Waals surface area contributed by atoms with Crippen LogP contribution in [0.15, 0.2) is 112 Å². The molecule has 0 spiro atoms. The van der Waals surface area contributed by atoms with Crippen molar-refractivity contribution >= 4 is 70.5 Å². The quantitative estimate of drug-likeness (QED) is 0.0106. The standard InChI is InChI=1S/C32H50N2O5S.C29H44N2O5S.C29H44N2O4S/c1-5-8-9-10-11-12-13-14-15-16-23-39-28-17-19-29(20-18-28)40(37,38)33-27-24-26(4)31(35)30(25-27)32(36)34(21-6-2)22-7-3;1-4-7-8-9-10-11-12-13-14-15-20-36-25-16-18-26(19-17-25)37(34,35)31-24-21-23(5-2)29(33)27(22-24)30-28(32)6-3;1-10-12-31(13-11-2)29(33)26-17-23(14-21(9)27(26)32)30-36(34,35)28-24(19(5)6)15-22(18(3)4)16-25(28)20(7)8/h17-20,24-25,33,35H,5-16,21-23H2,1-4H3;16-19,21-22,31,33H,4-15,20H2,1-3H3,(H,30,32);14-20,30,32H,10-13H2,1-9H3. The minimum atomic E-state index is -3.98. The topological polar surface area (TPSA) is 287 Å². The number of sulfonamides is 3. The van der Waals surface area contributed by atoms with E-state index in [0.717, 1.165) is 68.1 Å². The van der Waals surface area contributed by atoms with Crippen molar-refractivity contribution in [3.63, 3.8) is 0 Å². The molecule has 0 atom stereocenters. The summed E-state index contributed by atoms with van der Waals surface area (Å²) >= 11 is 0. The number of hydrogen-bond donors (Lipinski definition) is 7. The molecule has 3 amide bonds. The Morgan fingerprint density at radius 2 is 0.735 bits per heavy atom. The fourth-order valence-corrected chi connectivity index (χ4v) is 17.1. The highest BCUT2D eigenvalue weighted by Gasteiger charge is 2.30. The van der Waals surface area contributed by atoms with Gasteiger partial charge in [-0.2, -0.15) is 0 Å². The monoisotopic (exact) mass is 1620 g/mol. The molecule has 20 nitrogen and oxygen atoms in total. The van der Waals surface area contributed by atoms with E-state index in [0.29, 0.717) is 78.9 Å². The zero-order chi connectivity index (χ0) is 83.8. The van der Waals surface area contributed by atoms with Gasteiger partial charge in [-0.05, 0) is 195 Å². The molecule has 0 saturated carbocycles. The van der Waals surface area contributed by atoms with Crippen molar-refractivity contribution in [1.29, 1.82) is 0 Å². The number of carbonyl (C=O) groups excluding carboxylic acids is 3. The molecule has 0 aliphatic rings. The molecular formula is C90H138N6O14S3. The molecule has 0 aliphatic carbocycles. The predicted octanol–water partition coefficient (Wildman–Crippen LogP) is 22.6. The molecule has 6 aromatic rings. The fourth-order valence-electron chi connectivity index (χ4n) is 13.2. The molecule has 6 aromatic carbocycles. The third-order valence-electron chi connectivity index (χ3n) is 19.7. The minimum absolute atomic E-state index is 0.00288. The summed E-state index contributed by atoms with van der Waals surface area (Å²) < 4.78 is 99.2. The number of aromatic hydroxyl groups is 3. The van der Waals surface area contributed by atoms with Gasteiger partial charge in [0.25, 0.3) is 41.9 Å². The van der Waals surface area contributed by atoms with Gasteiger partial charge in [0.1, 0.15) is 28.7 Å². The molecule has 6 rings (SSSR count). The van der Waals surface area contributed by atoms with Crippen LogP contribution in [0.2, 0.25) is 0 Å². The van der Waals surface area contributed by atoms with E-state index < -0.39 is 30.1 Å². The zero-order valence-corrected chi connectivity index (χ0v) is 73.5. The number of ether oxygens (including phenoxy) is 2. The van der Waals surface area contributed by atoms with Crippen LogP contribution >= 0.6 is 0 Å². The molecule has 0 heterocycles. The smallest absolute Gasteiger partial charge is 0.262 e. The molecule has 7 N–H and O–H groups in total. The summed E-state index contributed by atoms with van der Waals surface area (Å²) in [5.74, 6) is 0.357. The van der Waals surface area contributed by atoms with Crippen LogP contribution < -0.4 is 29.0 Å². The molecule has 0 unspecified atom stereocenters. The van der Waals surface area contributed by atoms with Gasteiger partial charge in [0.2, 0.25) is 5.91 Å². The van der Waals surface area contributed by atoms with E-state index in [-0.39, 0.29) is 103 Å². The lowest BCUT2D eigenvalue weighted by Crippen LogP contribution is -2.32. The first-order valence-electron chi connectivity index (χ1n) is 41.9. The second-order valence-corrected chi connectivity index (χ2v) is 35.5. The Morgan fingerprint density at radius 1 is 0.398 bits per heavy atom. The first-order chi connectivity index (χ1) is 53.8. The lowest BCUT2D eigenvalue weighted by Gasteiger charge is -2.24. The number of phenolic OH excluding ortho intramolecular Hbond substituents is 3. The number of nitrogens with one attached hydrogen (secondary N) is 4. The molecule has 0 aromatic heterocycles. The first kappa shape index (κ1) is 97.3. The highest BCUT2D eigenvalue weighted by molar-refractivity contribution is 7.93. The van der Waals surface area contributed by atoms with E-state index >= 15 is 0 Å². The Balaban J connectivity index is 0.000000358. The van der Waals surface area contributed by atoms with Crippen molar-refractivity contribution < 1.29 is 64.4 Å². The molecule has 23 heteroatoms. The van der Waals surface area contributed by atoms with Gasteiger partial charge in [0, 0.05) is 32.6 Å². The van der Waals surface area contributed by atoms with Gasteiger partial charge in [-0.15, -0.1) is 0 Å². The Kier molecular flexibility index (Phi) is 43.4. The van der Waals surface area contributed by atoms with Crippen LogP contribution in [0.1, 0.15) is 329 Å². The molecule has 0 fully saturated rings. The number of nitrogens with zero attached hydrogens (tertiary/aromatic N) is 2. The van der Waals surface area contributed by atoms with Crippen molar-refractivity contribution in [3.05, 3.63) is 142 Å². The maximum Gasteiger partial charge on any atom is 0.262 e. The number of benzene rings is 6. The molecule has 0 aliphatic heterocycles. The molecular weight excluding hydrogens is 1490 g/mol. The third-order valence-corrected chi connectivity index (χ3v) is 24.0. The van der Waals surface area contributed by atoms with Gasteiger partial charge < -0.3 is 39.9 Å². The van der Waals surface area contributed by atoms with E-state index in [2.05, 4.69) is 47.2 Å². The maximum absolute atomic E-state index is 13.9. The van der Waals surface area contributed by atoms with Gasteiger partial charge in [-0.3, -0.25) is 28.5 Å². The van der Waals surface area contributed by atoms with E-state index in [1.807, 2.05) is 74.4 Å². The summed E-state index contributed by atoms with van der Waals surface area (Å²) in [6, 6.07) is 25.6. The average Bonchev–Trinajstić information content (AvgIpc) is 0.757. The molecule has 0 bridgehead atoms. The van der Waals surface area contributed by atoms with E-state index in [1.54, 1.807) is 67.0 Å². The van der Waals surface area contributed by atoms with E-state index in [9.17, 15) is 55.0 Å². The molecule has 630 valence electrons. The predicted molar refractivity (Wildman–Crippen MR) is 464 cm³/mol. The summed E-state index contributed by atoms with van der Waals surface area (Å²) in [6.45, 7) is 35.0. The first-order valence-corrected chi connectivity index (χ1v) is 46.4. The van der Waals surface area contributed by atoms with Crippen molar-refractivity contribution in [3.8, 4) is 28.7 Å². The molecule has 0 radical (unpaired) electrons. The molecule has 113 heavy (non-hydrogen) atoms. The summed E-state index contributed by atoms with van der Waals surface area (Å²) in [7, 11) is -11.7. The Morgan fingerprint density at radius 3 is 1.05 bits per heavy atom. The Bertz CT molecular complexity index is 4200. The minimum Gasteiger partial charge on any atom is -0.507 e. The Hall–Kier alpha value is -8.02. The van der Waals surface area contributed by atoms with Crippen molar-refractivity contribution in [2.45, 2.75) is 310 Å². The number of amides is 3. The number of rotatable bonds is 49. The number of carbonyl (C=O) groups is 3. The van der Waals surface area contributed by atoms with Crippen LogP contribution in [0.25, 0.3) is 0 Å². The third kappa shape index (κ3) is 32.3. The van der Waals surface area contributed by atoms with Crippen LogP contribution in [-0.4, -0.2) is 107 Å². The van der Waals surface area contributed by atoms with Crippen LogP contribution in [0.3, 0.4) is 0 Å². The summed E-state index contributed by atoms with van der Waals surface area (Å²) in [4.78, 5) is 42.1. The van der Waals surface area contributed by atoms with Crippen LogP contribution in [0.4, 0.5) is 22.7 Å². The van der Waals surface area contributed by atoms with Gasteiger partial charge in [0.15, 0.2) is 0 Å². The van der Waals surface area contributed by atoms with E-state index in [4.69, 9.17) is 9.47 Å². The van der Waals surface area contributed by atoms with Crippen molar-refractivity contribution in [2.75, 3.05) is 58.9 Å². The molecule has 0 saturated heterocycles. The van der Waals surface area contributed by atoms with E-state index in [1.165, 1.54) is 151 Å². The highest BCUT2D eigenvalue weighted by Crippen LogP contribution is 2.39. The normalized spacial score (nSPS) is 11.6. The van der Waals surface area contributed by atoms with Crippen LogP contribution in [0, 0.1) is 13.8 Å². The van der Waals surface area contributed by atoms with Crippen molar-refractivity contribution in [2.24, 2.45) is 0 Å². The van der Waals surface area contributed by atoms with Crippen LogP contribution in [-0.2, 0) is 41.3 Å². The average molecular weight is 1620 g/mol. The lowest BCUT2D eigenvalue weighted by atomic mass is 9.89.